The summed E-state index contributed by atoms with van der Waals surface area (Å²) >= 11 is 4.78. The Morgan fingerprint density at radius 2 is 2.22 bits per heavy atom. The smallest absolute Gasteiger partial charge is 0.135 e. The Hall–Kier alpha value is -1.20. The molecule has 18 heavy (non-hydrogen) atoms. The first-order valence-electron chi connectivity index (χ1n) is 5.86. The van der Waals surface area contributed by atoms with E-state index in [0.29, 0.717) is 6.61 Å². The first-order chi connectivity index (χ1) is 8.51. The van der Waals surface area contributed by atoms with E-state index in [1.54, 1.807) is 13.2 Å². The number of methoxy groups -OCH3 is 1. The third-order valence-corrected chi connectivity index (χ3v) is 3.05. The van der Waals surface area contributed by atoms with Crippen molar-refractivity contribution in [3.63, 3.8) is 0 Å². The fourth-order valence-electron chi connectivity index (χ4n) is 1.96. The topological polar surface area (TPSA) is 38.5 Å². The molecule has 0 radical (unpaired) electrons. The van der Waals surface area contributed by atoms with Crippen molar-refractivity contribution >= 4 is 22.9 Å². The molecule has 1 rings (SSSR count). The van der Waals surface area contributed by atoms with Gasteiger partial charge in [-0.25, -0.2) is 4.39 Å². The van der Waals surface area contributed by atoms with Gasteiger partial charge in [0.05, 0.1) is 6.61 Å². The molecule has 3 nitrogen and oxygen atoms in total. The second kappa shape index (κ2) is 6.66. The van der Waals surface area contributed by atoms with Crippen LogP contribution in [-0.4, -0.2) is 31.3 Å². The van der Waals surface area contributed by atoms with E-state index in [4.69, 9.17) is 22.7 Å². The fourth-order valence-corrected chi connectivity index (χ4v) is 2.13. The predicted octanol–water partition coefficient (Wildman–Crippen LogP) is 2.32. The molecule has 0 amide bonds. The molecule has 1 aromatic carbocycles. The van der Waals surface area contributed by atoms with E-state index in [1.165, 1.54) is 6.07 Å². The Balaban J connectivity index is 3.01. The lowest BCUT2D eigenvalue weighted by Crippen LogP contribution is -2.36. The number of likely N-dealkylation sites (N-methyl/N-ethyl adjacent to an activating group) is 1. The van der Waals surface area contributed by atoms with Gasteiger partial charge in [-0.3, -0.25) is 0 Å². The molecule has 2 N–H and O–H groups in total. The number of ether oxygens (including phenoxy) is 1. The van der Waals surface area contributed by atoms with Crippen molar-refractivity contribution in [3.05, 3.63) is 29.6 Å². The van der Waals surface area contributed by atoms with Gasteiger partial charge in [-0.05, 0) is 32.0 Å². The average Bonchev–Trinajstić information content (AvgIpc) is 2.29. The van der Waals surface area contributed by atoms with Gasteiger partial charge in [0.1, 0.15) is 10.8 Å². The van der Waals surface area contributed by atoms with Gasteiger partial charge in [-0.2, -0.15) is 0 Å². The number of hydrogen-bond donors (Lipinski definition) is 1. The van der Waals surface area contributed by atoms with E-state index in [0.717, 1.165) is 12.2 Å². The van der Waals surface area contributed by atoms with Crippen molar-refractivity contribution < 1.29 is 9.13 Å². The molecule has 0 saturated carbocycles. The van der Waals surface area contributed by atoms with Crippen LogP contribution in [0.5, 0.6) is 0 Å². The Labute approximate surface area is 113 Å². The molecule has 5 heteroatoms. The minimum atomic E-state index is -0.386. The largest absolute Gasteiger partial charge is 0.389 e. The number of rotatable bonds is 6. The van der Waals surface area contributed by atoms with Gasteiger partial charge in [0.15, 0.2) is 0 Å². The molecule has 100 valence electrons. The summed E-state index contributed by atoms with van der Waals surface area (Å²) in [6.07, 6.45) is 0. The zero-order valence-electron chi connectivity index (χ0n) is 10.9. The van der Waals surface area contributed by atoms with Crippen LogP contribution in [0.3, 0.4) is 0 Å². The highest BCUT2D eigenvalue weighted by Gasteiger charge is 2.15. The van der Waals surface area contributed by atoms with Crippen LogP contribution < -0.4 is 10.6 Å². The van der Waals surface area contributed by atoms with E-state index in [1.807, 2.05) is 19.9 Å². The van der Waals surface area contributed by atoms with Crippen LogP contribution in [0.15, 0.2) is 18.2 Å². The summed E-state index contributed by atoms with van der Waals surface area (Å²) in [7, 11) is 1.65. The lowest BCUT2D eigenvalue weighted by molar-refractivity contribution is 0.182. The molecule has 0 aliphatic heterocycles. The molecular formula is C13H19FN2OS. The lowest BCUT2D eigenvalue weighted by atomic mass is 10.1. The molecule has 0 aliphatic carbocycles. The molecule has 0 spiro atoms. The van der Waals surface area contributed by atoms with Crippen LogP contribution in [0.1, 0.15) is 19.4 Å². The van der Waals surface area contributed by atoms with Crippen LogP contribution in [0, 0.1) is 5.82 Å². The van der Waals surface area contributed by atoms with Crippen molar-refractivity contribution in [1.82, 2.24) is 0 Å². The molecule has 0 aromatic heterocycles. The third kappa shape index (κ3) is 3.40. The Morgan fingerprint density at radius 3 is 2.67 bits per heavy atom. The Bertz CT molecular complexity index is 425. The molecule has 1 aromatic rings. The Kier molecular flexibility index (Phi) is 5.50. The average molecular weight is 270 g/mol. The summed E-state index contributed by atoms with van der Waals surface area (Å²) in [4.78, 5) is 2.14. The maximum Gasteiger partial charge on any atom is 0.135 e. The van der Waals surface area contributed by atoms with Crippen molar-refractivity contribution in [1.29, 1.82) is 0 Å². The summed E-state index contributed by atoms with van der Waals surface area (Å²) in [5.41, 5.74) is 6.53. The van der Waals surface area contributed by atoms with E-state index in [9.17, 15) is 4.39 Å². The van der Waals surface area contributed by atoms with E-state index in [-0.39, 0.29) is 22.4 Å². The van der Waals surface area contributed by atoms with Crippen LogP contribution in [0.25, 0.3) is 0 Å². The minimum Gasteiger partial charge on any atom is -0.389 e. The SMILES string of the molecule is CCN(c1ccc(C(N)=S)c(F)c1)C(C)COC. The summed E-state index contributed by atoms with van der Waals surface area (Å²) < 4.78 is 18.9. The van der Waals surface area contributed by atoms with Crippen molar-refractivity contribution in [2.75, 3.05) is 25.2 Å². The highest BCUT2D eigenvalue weighted by Crippen LogP contribution is 2.20. The summed E-state index contributed by atoms with van der Waals surface area (Å²) in [6.45, 7) is 5.42. The quantitative estimate of drug-likeness (QED) is 0.805. The van der Waals surface area contributed by atoms with Crippen LogP contribution >= 0.6 is 12.2 Å². The first kappa shape index (κ1) is 14.9. The molecule has 0 heterocycles. The molecule has 0 aliphatic rings. The predicted molar refractivity (Wildman–Crippen MR) is 76.6 cm³/mol. The van der Waals surface area contributed by atoms with E-state index >= 15 is 0 Å². The number of nitrogens with zero attached hydrogens (tertiary/aromatic N) is 1. The number of benzene rings is 1. The van der Waals surface area contributed by atoms with E-state index in [2.05, 4.69) is 4.90 Å². The van der Waals surface area contributed by atoms with Gasteiger partial charge < -0.3 is 15.4 Å². The van der Waals surface area contributed by atoms with Crippen LogP contribution in [0.4, 0.5) is 10.1 Å². The van der Waals surface area contributed by atoms with Crippen molar-refractivity contribution in [2.45, 2.75) is 19.9 Å². The van der Waals surface area contributed by atoms with Gasteiger partial charge in [-0.1, -0.05) is 12.2 Å². The van der Waals surface area contributed by atoms with Gasteiger partial charge in [0.2, 0.25) is 0 Å². The zero-order chi connectivity index (χ0) is 13.7. The normalized spacial score (nSPS) is 12.2. The van der Waals surface area contributed by atoms with Crippen molar-refractivity contribution in [2.24, 2.45) is 5.73 Å². The molecule has 0 bridgehead atoms. The van der Waals surface area contributed by atoms with Crippen molar-refractivity contribution in [3.8, 4) is 0 Å². The fraction of sp³-hybridized carbons (Fsp3) is 0.462. The maximum atomic E-state index is 13.8. The zero-order valence-corrected chi connectivity index (χ0v) is 11.8. The lowest BCUT2D eigenvalue weighted by Gasteiger charge is -2.30. The third-order valence-electron chi connectivity index (χ3n) is 2.83. The number of halogens is 1. The van der Waals surface area contributed by atoms with E-state index < -0.39 is 0 Å². The highest BCUT2D eigenvalue weighted by molar-refractivity contribution is 7.80. The molecule has 1 unspecified atom stereocenters. The number of hydrogen-bond acceptors (Lipinski definition) is 3. The second-order valence-electron chi connectivity index (χ2n) is 4.12. The van der Waals surface area contributed by atoms with Gasteiger partial charge in [0.25, 0.3) is 0 Å². The number of nitrogens with two attached hydrogens (primary N) is 1. The second-order valence-corrected chi connectivity index (χ2v) is 4.56. The summed E-state index contributed by atoms with van der Waals surface area (Å²) in [5, 5.41) is 0. The van der Waals surface area contributed by atoms with Crippen LogP contribution in [0.2, 0.25) is 0 Å². The molecule has 0 saturated heterocycles. The Morgan fingerprint density at radius 1 is 1.56 bits per heavy atom. The monoisotopic (exact) mass is 270 g/mol. The molecular weight excluding hydrogens is 251 g/mol. The maximum absolute atomic E-state index is 13.8. The van der Waals surface area contributed by atoms with Gasteiger partial charge in [-0.15, -0.1) is 0 Å². The molecule has 0 fully saturated rings. The first-order valence-corrected chi connectivity index (χ1v) is 6.27. The van der Waals surface area contributed by atoms with Gasteiger partial charge >= 0.3 is 0 Å². The van der Waals surface area contributed by atoms with Gasteiger partial charge in [0, 0.05) is 30.9 Å². The minimum absolute atomic E-state index is 0.0760. The molecule has 1 atom stereocenters. The standard InChI is InChI=1S/C13H19FN2OS/c1-4-16(9(2)8-17-3)10-5-6-11(13(15)18)12(14)7-10/h5-7,9H,4,8H2,1-3H3,(H2,15,18). The summed E-state index contributed by atoms with van der Waals surface area (Å²) in [5.74, 6) is -0.386. The number of anilines is 1. The highest BCUT2D eigenvalue weighted by atomic mass is 32.1. The van der Waals surface area contributed by atoms with Crippen LogP contribution in [-0.2, 0) is 4.74 Å². The number of thiocarbonyl (C=S) groups is 1. The summed E-state index contributed by atoms with van der Waals surface area (Å²) in [6, 6.07) is 5.09.